The number of benzene rings is 1. The number of nitrogens with one attached hydrogen (secondary N) is 1. The van der Waals surface area contributed by atoms with Crippen LogP contribution in [-0.4, -0.2) is 18.4 Å². The Balaban J connectivity index is 1.98. The molecule has 0 bridgehead atoms. The lowest BCUT2D eigenvalue weighted by Gasteiger charge is -2.29. The fourth-order valence-electron chi connectivity index (χ4n) is 3.11. The summed E-state index contributed by atoms with van der Waals surface area (Å²) in [6, 6.07) is 7.97. The molecule has 0 spiro atoms. The zero-order chi connectivity index (χ0) is 17.6. The summed E-state index contributed by atoms with van der Waals surface area (Å²) in [5.74, 6) is -1.81. The first-order chi connectivity index (χ1) is 11.5. The summed E-state index contributed by atoms with van der Waals surface area (Å²) in [4.78, 5) is 24.1. The van der Waals surface area contributed by atoms with Crippen molar-refractivity contribution in [1.82, 2.24) is 5.32 Å². The van der Waals surface area contributed by atoms with Crippen LogP contribution in [0.4, 0.5) is 4.39 Å². The summed E-state index contributed by atoms with van der Waals surface area (Å²) >= 11 is 0. The Kier molecular flexibility index (Phi) is 5.91. The molecule has 0 aliphatic heterocycles. The van der Waals surface area contributed by atoms with Crippen molar-refractivity contribution in [2.24, 2.45) is 17.1 Å². The highest BCUT2D eigenvalue weighted by Crippen LogP contribution is 2.35. The van der Waals surface area contributed by atoms with E-state index in [0.29, 0.717) is 19.3 Å². The molecule has 1 aliphatic rings. The van der Waals surface area contributed by atoms with Crippen molar-refractivity contribution in [3.05, 3.63) is 35.6 Å². The summed E-state index contributed by atoms with van der Waals surface area (Å²) in [6.07, 6.45) is 4.16. The zero-order valence-electron chi connectivity index (χ0n) is 13.6. The molecular formula is C18H22FN3O2. The minimum atomic E-state index is -0.990. The molecule has 3 N–H and O–H groups in total. The van der Waals surface area contributed by atoms with Gasteiger partial charge >= 0.3 is 0 Å². The van der Waals surface area contributed by atoms with Gasteiger partial charge in [0.15, 0.2) is 0 Å². The van der Waals surface area contributed by atoms with Gasteiger partial charge in [-0.05, 0) is 37.0 Å². The molecule has 1 atom stereocenters. The normalized spacial score (nSPS) is 17.5. The van der Waals surface area contributed by atoms with Crippen molar-refractivity contribution in [2.75, 3.05) is 6.54 Å². The van der Waals surface area contributed by atoms with E-state index in [9.17, 15) is 19.2 Å². The van der Waals surface area contributed by atoms with Crippen molar-refractivity contribution in [3.8, 4) is 6.07 Å². The number of nitrogens with two attached hydrogens (primary N) is 1. The molecule has 128 valence electrons. The molecule has 2 rings (SSSR count). The Morgan fingerprint density at radius 3 is 2.42 bits per heavy atom. The number of hydrogen-bond acceptors (Lipinski definition) is 3. The molecular weight excluding hydrogens is 309 g/mol. The number of nitrogens with zero attached hydrogens (tertiary/aromatic N) is 1. The molecule has 1 aromatic carbocycles. The molecule has 2 amide bonds. The summed E-state index contributed by atoms with van der Waals surface area (Å²) in [5.41, 5.74) is 5.19. The summed E-state index contributed by atoms with van der Waals surface area (Å²) < 4.78 is 12.9. The van der Waals surface area contributed by atoms with E-state index >= 15 is 0 Å². The lowest BCUT2D eigenvalue weighted by Crippen LogP contribution is -2.45. The van der Waals surface area contributed by atoms with E-state index in [1.165, 1.54) is 12.1 Å². The molecule has 6 heteroatoms. The van der Waals surface area contributed by atoms with Crippen LogP contribution < -0.4 is 11.1 Å². The second kappa shape index (κ2) is 7.91. The topological polar surface area (TPSA) is 96.0 Å². The van der Waals surface area contributed by atoms with Gasteiger partial charge in [0.25, 0.3) is 0 Å². The average molecular weight is 331 g/mol. The van der Waals surface area contributed by atoms with Gasteiger partial charge in [-0.15, -0.1) is 0 Å². The predicted octanol–water partition coefficient (Wildman–Crippen LogP) is 2.06. The van der Waals surface area contributed by atoms with Gasteiger partial charge in [0.05, 0.1) is 12.0 Å². The summed E-state index contributed by atoms with van der Waals surface area (Å²) in [5, 5.41) is 12.1. The van der Waals surface area contributed by atoms with Gasteiger partial charge in [-0.1, -0.05) is 31.4 Å². The van der Waals surface area contributed by atoms with Crippen LogP contribution in [0.15, 0.2) is 24.3 Å². The Labute approximate surface area is 141 Å². The number of primary amides is 1. The van der Waals surface area contributed by atoms with Crippen molar-refractivity contribution >= 4 is 11.8 Å². The van der Waals surface area contributed by atoms with Crippen molar-refractivity contribution in [2.45, 2.75) is 38.5 Å². The van der Waals surface area contributed by atoms with Crippen LogP contribution in [0.25, 0.3) is 0 Å². The predicted molar refractivity (Wildman–Crippen MR) is 86.9 cm³/mol. The number of amides is 2. The van der Waals surface area contributed by atoms with Crippen molar-refractivity contribution < 1.29 is 14.0 Å². The van der Waals surface area contributed by atoms with Crippen LogP contribution in [0, 0.1) is 28.5 Å². The lowest BCUT2D eigenvalue weighted by atomic mass is 9.74. The molecule has 0 heterocycles. The maximum atomic E-state index is 12.9. The maximum Gasteiger partial charge on any atom is 0.240 e. The number of rotatable bonds is 6. The highest BCUT2D eigenvalue weighted by atomic mass is 19.1. The van der Waals surface area contributed by atoms with Gasteiger partial charge in [-0.2, -0.15) is 5.26 Å². The van der Waals surface area contributed by atoms with Crippen LogP contribution in [0.2, 0.25) is 0 Å². The van der Waals surface area contributed by atoms with E-state index in [2.05, 4.69) is 11.4 Å². The molecule has 1 aromatic rings. The molecule has 0 saturated heterocycles. The van der Waals surface area contributed by atoms with Crippen molar-refractivity contribution in [1.29, 1.82) is 5.26 Å². The minimum Gasteiger partial charge on any atom is -0.369 e. The Hall–Kier alpha value is -2.42. The summed E-state index contributed by atoms with van der Waals surface area (Å²) in [6.45, 7) is 0.0783. The van der Waals surface area contributed by atoms with Crippen LogP contribution in [-0.2, 0) is 16.0 Å². The van der Waals surface area contributed by atoms with E-state index in [0.717, 1.165) is 24.8 Å². The highest BCUT2D eigenvalue weighted by molar-refractivity contribution is 5.86. The lowest BCUT2D eigenvalue weighted by molar-refractivity contribution is -0.130. The number of carbonyl (C=O) groups is 2. The van der Waals surface area contributed by atoms with Crippen LogP contribution in [0.3, 0.4) is 0 Å². The van der Waals surface area contributed by atoms with E-state index in [1.54, 1.807) is 12.1 Å². The van der Waals surface area contributed by atoms with Crippen LogP contribution in [0.1, 0.15) is 37.7 Å². The van der Waals surface area contributed by atoms with Gasteiger partial charge in [-0.3, -0.25) is 9.59 Å². The number of halogens is 1. The van der Waals surface area contributed by atoms with Gasteiger partial charge in [0.2, 0.25) is 11.8 Å². The fraction of sp³-hybridized carbons (Fsp3) is 0.500. The Morgan fingerprint density at radius 2 is 1.88 bits per heavy atom. The molecule has 1 unspecified atom stereocenters. The monoisotopic (exact) mass is 331 g/mol. The second-order valence-corrected chi connectivity index (χ2v) is 6.39. The largest absolute Gasteiger partial charge is 0.369 e. The highest BCUT2D eigenvalue weighted by Gasteiger charge is 2.39. The number of hydrogen-bond donors (Lipinski definition) is 2. The molecule has 5 nitrogen and oxygen atoms in total. The van der Waals surface area contributed by atoms with Crippen LogP contribution in [0.5, 0.6) is 0 Å². The molecule has 1 aliphatic carbocycles. The molecule has 1 saturated carbocycles. The third-order valence-electron chi connectivity index (χ3n) is 4.66. The average Bonchev–Trinajstić information content (AvgIpc) is 2.60. The Bertz CT molecular complexity index is 631. The van der Waals surface area contributed by atoms with E-state index < -0.39 is 17.2 Å². The van der Waals surface area contributed by atoms with Gasteiger partial charge in [-0.25, -0.2) is 4.39 Å². The first-order valence-corrected chi connectivity index (χ1v) is 8.20. The summed E-state index contributed by atoms with van der Waals surface area (Å²) in [7, 11) is 0. The third kappa shape index (κ3) is 4.31. The third-order valence-corrected chi connectivity index (χ3v) is 4.66. The maximum absolute atomic E-state index is 12.9. The zero-order valence-corrected chi connectivity index (χ0v) is 13.6. The minimum absolute atomic E-state index is 0.0783. The standard InChI is InChI=1S/C18H22FN3O2/c19-15-6-4-13(5-7-15)10-14(16(21)23)11-22-17(24)18(12-20)8-2-1-3-9-18/h4-7,14H,1-3,8-11H2,(H2,21,23)(H,22,24). The smallest absolute Gasteiger partial charge is 0.240 e. The van der Waals surface area contributed by atoms with E-state index in [-0.39, 0.29) is 18.3 Å². The number of carbonyl (C=O) groups excluding carboxylic acids is 2. The van der Waals surface area contributed by atoms with E-state index in [4.69, 9.17) is 5.73 Å². The van der Waals surface area contributed by atoms with E-state index in [1.807, 2.05) is 0 Å². The number of nitriles is 1. The molecule has 1 fully saturated rings. The molecule has 24 heavy (non-hydrogen) atoms. The first kappa shape index (κ1) is 17.9. The first-order valence-electron chi connectivity index (χ1n) is 8.20. The van der Waals surface area contributed by atoms with Gasteiger partial charge in [0, 0.05) is 6.54 Å². The quantitative estimate of drug-likeness (QED) is 0.835. The fourth-order valence-corrected chi connectivity index (χ4v) is 3.11. The van der Waals surface area contributed by atoms with Crippen molar-refractivity contribution in [3.63, 3.8) is 0 Å². The SMILES string of the molecule is N#CC1(C(=O)NCC(Cc2ccc(F)cc2)C(N)=O)CCCCC1. The Morgan fingerprint density at radius 1 is 1.25 bits per heavy atom. The molecule has 0 radical (unpaired) electrons. The molecule has 0 aromatic heterocycles. The van der Waals surface area contributed by atoms with Gasteiger partial charge < -0.3 is 11.1 Å². The second-order valence-electron chi connectivity index (χ2n) is 6.39. The van der Waals surface area contributed by atoms with Gasteiger partial charge in [0.1, 0.15) is 11.2 Å². The van der Waals surface area contributed by atoms with Crippen LogP contribution >= 0.6 is 0 Å².